The van der Waals surface area contributed by atoms with Crippen molar-refractivity contribution in [2.24, 2.45) is 0 Å². The first-order valence-electron chi connectivity index (χ1n) is 27.6. The minimum Gasteiger partial charge on any atom is -0.462 e. The number of phosphoric ester groups is 1. The maximum Gasteiger partial charge on any atom is 0.472 e. The predicted octanol–water partition coefficient (Wildman–Crippen LogP) is 15.9. The molecule has 0 aliphatic carbocycles. The lowest BCUT2D eigenvalue weighted by Crippen LogP contribution is -2.29. The van der Waals surface area contributed by atoms with Crippen molar-refractivity contribution in [2.75, 3.05) is 26.4 Å². The van der Waals surface area contributed by atoms with Gasteiger partial charge < -0.3 is 24.6 Å². The molecule has 0 saturated carbocycles. The molecule has 0 heterocycles. The molecule has 0 bridgehead atoms. The van der Waals surface area contributed by atoms with Crippen LogP contribution in [0.25, 0.3) is 0 Å². The summed E-state index contributed by atoms with van der Waals surface area (Å²) in [5.74, 6) is -0.908. The number of ether oxygens (including phenoxy) is 2. The van der Waals surface area contributed by atoms with E-state index in [1.54, 1.807) is 0 Å². The smallest absolute Gasteiger partial charge is 0.462 e. The average Bonchev–Trinajstić information content (AvgIpc) is 3.30. The molecule has 10 nitrogen and oxygen atoms in total. The van der Waals surface area contributed by atoms with E-state index in [4.69, 9.17) is 23.6 Å². The lowest BCUT2D eigenvalue weighted by molar-refractivity contribution is -0.161. The molecular formula is C54H105O10P. The Balaban J connectivity index is 4.10. The maximum atomic E-state index is 12.7. The molecule has 0 amide bonds. The molecule has 3 N–H and O–H groups in total. The van der Waals surface area contributed by atoms with Crippen LogP contribution in [0.2, 0.25) is 0 Å². The molecule has 0 radical (unpaired) electrons. The van der Waals surface area contributed by atoms with Crippen molar-refractivity contribution in [1.82, 2.24) is 0 Å². The summed E-state index contributed by atoms with van der Waals surface area (Å²) in [5.41, 5.74) is 0. The van der Waals surface area contributed by atoms with Crippen LogP contribution in [0.15, 0.2) is 12.2 Å². The van der Waals surface area contributed by atoms with Crippen LogP contribution >= 0.6 is 7.82 Å². The summed E-state index contributed by atoms with van der Waals surface area (Å²) < 4.78 is 32.9. The van der Waals surface area contributed by atoms with Crippen molar-refractivity contribution in [3.05, 3.63) is 12.2 Å². The van der Waals surface area contributed by atoms with Crippen LogP contribution in [0, 0.1) is 0 Å². The fraction of sp³-hybridized carbons (Fsp3) is 0.926. The van der Waals surface area contributed by atoms with Gasteiger partial charge in [-0.3, -0.25) is 18.6 Å². The molecule has 65 heavy (non-hydrogen) atoms. The number of carbonyl (C=O) groups excluding carboxylic acids is 2. The number of phosphoric acid groups is 1. The number of unbranched alkanes of at least 4 members (excludes halogenated alkanes) is 37. The minimum atomic E-state index is -4.62. The third-order valence-corrected chi connectivity index (χ3v) is 13.4. The van der Waals surface area contributed by atoms with Gasteiger partial charge in [0.2, 0.25) is 0 Å². The second-order valence-electron chi connectivity index (χ2n) is 19.0. The Morgan fingerprint density at radius 1 is 0.446 bits per heavy atom. The average molecular weight is 945 g/mol. The van der Waals surface area contributed by atoms with Crippen LogP contribution in [0.1, 0.15) is 284 Å². The van der Waals surface area contributed by atoms with Crippen molar-refractivity contribution in [3.8, 4) is 0 Å². The first-order valence-corrected chi connectivity index (χ1v) is 29.1. The van der Waals surface area contributed by atoms with Crippen LogP contribution in [-0.2, 0) is 32.7 Å². The Kier molecular flexibility index (Phi) is 49.6. The van der Waals surface area contributed by atoms with Gasteiger partial charge in [-0.15, -0.1) is 0 Å². The molecule has 0 saturated heterocycles. The summed E-state index contributed by atoms with van der Waals surface area (Å²) in [7, 11) is -4.62. The van der Waals surface area contributed by atoms with Gasteiger partial charge in [-0.2, -0.15) is 0 Å². The molecule has 3 atom stereocenters. The third-order valence-electron chi connectivity index (χ3n) is 12.4. The van der Waals surface area contributed by atoms with Crippen LogP contribution in [0.5, 0.6) is 0 Å². The second kappa shape index (κ2) is 50.6. The molecule has 0 spiro atoms. The highest BCUT2D eigenvalue weighted by molar-refractivity contribution is 7.47. The van der Waals surface area contributed by atoms with Crippen LogP contribution in [-0.4, -0.2) is 65.7 Å². The molecular weight excluding hydrogens is 840 g/mol. The van der Waals surface area contributed by atoms with Gasteiger partial charge in [-0.1, -0.05) is 244 Å². The van der Waals surface area contributed by atoms with Gasteiger partial charge in [0.1, 0.15) is 12.7 Å². The van der Waals surface area contributed by atoms with Gasteiger partial charge in [0, 0.05) is 12.8 Å². The van der Waals surface area contributed by atoms with Crippen molar-refractivity contribution < 1.29 is 47.8 Å². The highest BCUT2D eigenvalue weighted by atomic mass is 31.2. The highest BCUT2D eigenvalue weighted by Gasteiger charge is 2.27. The summed E-state index contributed by atoms with van der Waals surface area (Å²) in [6.07, 6.45) is 53.3. The zero-order valence-corrected chi connectivity index (χ0v) is 43.4. The molecule has 0 aromatic rings. The standard InChI is InChI=1S/C54H105O10P/c1-3-5-7-9-11-13-15-17-19-21-23-25-27-29-31-33-35-37-39-41-43-45-53(57)61-49-52(50-63-65(59,60)62-48-51(56)47-55)64-54(58)46-44-42-40-38-36-34-32-30-28-26-24-22-20-18-16-14-12-10-8-6-4-2/h22,24,51-52,55-56H,3-21,23,25-50H2,1-2H3,(H,59,60)/b24-22-. The van der Waals surface area contributed by atoms with E-state index in [0.29, 0.717) is 12.8 Å². The van der Waals surface area contributed by atoms with E-state index in [0.717, 1.165) is 32.1 Å². The first-order chi connectivity index (χ1) is 31.7. The van der Waals surface area contributed by atoms with Crippen LogP contribution in [0.3, 0.4) is 0 Å². The molecule has 11 heteroatoms. The summed E-state index contributed by atoms with van der Waals surface area (Å²) in [4.78, 5) is 35.2. The Labute approximate surface area is 400 Å². The lowest BCUT2D eigenvalue weighted by Gasteiger charge is -2.20. The van der Waals surface area contributed by atoms with Gasteiger partial charge in [0.25, 0.3) is 0 Å². The second-order valence-corrected chi connectivity index (χ2v) is 20.4. The zero-order valence-electron chi connectivity index (χ0n) is 42.5. The number of allylic oxidation sites excluding steroid dienone is 2. The zero-order chi connectivity index (χ0) is 47.6. The van der Waals surface area contributed by atoms with E-state index in [-0.39, 0.29) is 19.4 Å². The number of aliphatic hydroxyl groups is 2. The van der Waals surface area contributed by atoms with E-state index >= 15 is 0 Å². The Bertz CT molecular complexity index is 1090. The Morgan fingerprint density at radius 2 is 0.754 bits per heavy atom. The van der Waals surface area contributed by atoms with E-state index in [2.05, 4.69) is 26.0 Å². The lowest BCUT2D eigenvalue weighted by atomic mass is 10.0. The molecule has 0 fully saturated rings. The van der Waals surface area contributed by atoms with Crippen LogP contribution < -0.4 is 0 Å². The molecule has 386 valence electrons. The molecule has 0 rings (SSSR count). The number of esters is 2. The SMILES string of the molecule is CCCCCCCCCC/C=C\CCCCCCCCCCCC(=O)OC(COC(=O)CCCCCCCCCCCCCCCCCCCCCCC)COP(=O)(O)OCC(O)CO. The van der Waals surface area contributed by atoms with Crippen LogP contribution in [0.4, 0.5) is 0 Å². The molecule has 0 aliphatic rings. The third kappa shape index (κ3) is 50.4. The fourth-order valence-electron chi connectivity index (χ4n) is 8.17. The normalized spacial score (nSPS) is 13.6. The monoisotopic (exact) mass is 945 g/mol. The van der Waals surface area contributed by atoms with Gasteiger partial charge in [-0.05, 0) is 38.5 Å². The number of hydrogen-bond acceptors (Lipinski definition) is 9. The van der Waals surface area contributed by atoms with E-state index < -0.39 is 51.8 Å². The van der Waals surface area contributed by atoms with Crippen molar-refractivity contribution in [3.63, 3.8) is 0 Å². The fourth-order valence-corrected chi connectivity index (χ4v) is 8.96. The van der Waals surface area contributed by atoms with Gasteiger partial charge >= 0.3 is 19.8 Å². The first kappa shape index (κ1) is 63.7. The van der Waals surface area contributed by atoms with Gasteiger partial charge in [0.05, 0.1) is 19.8 Å². The Hall–Kier alpha value is -1.29. The molecule has 0 aromatic heterocycles. The maximum absolute atomic E-state index is 12.7. The van der Waals surface area contributed by atoms with E-state index in [9.17, 15) is 24.2 Å². The number of aliphatic hydroxyl groups excluding tert-OH is 2. The molecule has 0 aromatic carbocycles. The number of carbonyl (C=O) groups is 2. The van der Waals surface area contributed by atoms with Gasteiger partial charge in [0.15, 0.2) is 6.10 Å². The topological polar surface area (TPSA) is 149 Å². The van der Waals surface area contributed by atoms with Gasteiger partial charge in [-0.25, -0.2) is 4.57 Å². The van der Waals surface area contributed by atoms with E-state index in [1.807, 2.05) is 0 Å². The minimum absolute atomic E-state index is 0.187. The Morgan fingerprint density at radius 3 is 1.11 bits per heavy atom. The summed E-state index contributed by atoms with van der Waals surface area (Å²) >= 11 is 0. The molecule has 3 unspecified atom stereocenters. The van der Waals surface area contributed by atoms with Crippen molar-refractivity contribution in [2.45, 2.75) is 296 Å². The largest absolute Gasteiger partial charge is 0.472 e. The number of rotatable bonds is 53. The quantitative estimate of drug-likeness (QED) is 0.0233. The summed E-state index contributed by atoms with van der Waals surface area (Å²) in [5, 5.41) is 18.4. The summed E-state index contributed by atoms with van der Waals surface area (Å²) in [6.45, 7) is 2.45. The highest BCUT2D eigenvalue weighted by Crippen LogP contribution is 2.43. The van der Waals surface area contributed by atoms with Crippen molar-refractivity contribution in [1.29, 1.82) is 0 Å². The van der Waals surface area contributed by atoms with E-state index in [1.165, 1.54) is 212 Å². The predicted molar refractivity (Wildman–Crippen MR) is 270 cm³/mol. The number of hydrogen-bond donors (Lipinski definition) is 3. The molecule has 0 aliphatic heterocycles. The van der Waals surface area contributed by atoms with Crippen molar-refractivity contribution >= 4 is 19.8 Å². The summed E-state index contributed by atoms with van der Waals surface area (Å²) in [6, 6.07) is 0.